The summed E-state index contributed by atoms with van der Waals surface area (Å²) in [7, 11) is 0. The maximum absolute atomic E-state index is 9.30. The second kappa shape index (κ2) is 11.0. The Bertz CT molecular complexity index is 393. The van der Waals surface area contributed by atoms with E-state index in [-0.39, 0.29) is 6.61 Å². The molecule has 0 aromatic carbocycles. The lowest BCUT2D eigenvalue weighted by atomic mass is 9.94. The van der Waals surface area contributed by atoms with Crippen LogP contribution in [0.2, 0.25) is 0 Å². The zero-order chi connectivity index (χ0) is 18.1. The molecule has 2 rings (SSSR count). The molecule has 1 saturated heterocycles. The third-order valence-electron chi connectivity index (χ3n) is 5.60. The highest BCUT2D eigenvalue weighted by Gasteiger charge is 2.30. The molecule has 0 spiro atoms. The molecule has 0 radical (unpaired) electrons. The van der Waals surface area contributed by atoms with Crippen LogP contribution in [-0.4, -0.2) is 60.8 Å². The van der Waals surface area contributed by atoms with Gasteiger partial charge < -0.3 is 15.7 Å². The van der Waals surface area contributed by atoms with Crippen LogP contribution < -0.4 is 10.6 Å². The lowest BCUT2D eigenvalue weighted by Crippen LogP contribution is -2.45. The summed E-state index contributed by atoms with van der Waals surface area (Å²) in [5.41, 5.74) is 0. The van der Waals surface area contributed by atoms with Crippen molar-refractivity contribution >= 4 is 5.96 Å². The van der Waals surface area contributed by atoms with Crippen molar-refractivity contribution in [3.05, 3.63) is 0 Å². The summed E-state index contributed by atoms with van der Waals surface area (Å²) in [5, 5.41) is 16.4. The predicted molar refractivity (Wildman–Crippen MR) is 106 cm³/mol. The number of hydrogen-bond acceptors (Lipinski definition) is 3. The monoisotopic (exact) mass is 352 g/mol. The third kappa shape index (κ3) is 7.14. The van der Waals surface area contributed by atoms with E-state index in [1.165, 1.54) is 38.6 Å². The summed E-state index contributed by atoms with van der Waals surface area (Å²) in [6, 6.07) is 1.34. The van der Waals surface area contributed by atoms with E-state index in [0.29, 0.717) is 17.9 Å². The Balaban J connectivity index is 1.84. The molecule has 1 aliphatic heterocycles. The van der Waals surface area contributed by atoms with E-state index in [4.69, 9.17) is 4.99 Å². The van der Waals surface area contributed by atoms with E-state index in [9.17, 15) is 5.11 Å². The second-order valence-corrected chi connectivity index (χ2v) is 8.29. The fourth-order valence-corrected chi connectivity index (χ4v) is 4.37. The molecular weight excluding hydrogens is 312 g/mol. The van der Waals surface area contributed by atoms with Crippen LogP contribution in [-0.2, 0) is 0 Å². The molecule has 2 atom stereocenters. The predicted octanol–water partition coefficient (Wildman–Crippen LogP) is 2.60. The molecule has 0 amide bonds. The molecule has 1 saturated carbocycles. The van der Waals surface area contributed by atoms with Crippen molar-refractivity contribution < 1.29 is 5.11 Å². The number of rotatable bonds is 9. The van der Waals surface area contributed by atoms with Gasteiger partial charge in [-0.3, -0.25) is 9.89 Å². The molecule has 146 valence electrons. The van der Waals surface area contributed by atoms with Gasteiger partial charge in [0.1, 0.15) is 0 Å². The Hall–Kier alpha value is -0.810. The molecule has 5 nitrogen and oxygen atoms in total. The number of nitrogens with one attached hydrogen (secondary N) is 2. The Morgan fingerprint density at radius 2 is 2.00 bits per heavy atom. The second-order valence-electron chi connectivity index (χ2n) is 8.29. The van der Waals surface area contributed by atoms with Gasteiger partial charge in [0.25, 0.3) is 0 Å². The lowest BCUT2D eigenvalue weighted by molar-refractivity contribution is 0.242. The molecule has 1 aliphatic carbocycles. The van der Waals surface area contributed by atoms with Crippen LogP contribution in [0.4, 0.5) is 0 Å². The summed E-state index contributed by atoms with van der Waals surface area (Å²) in [6.07, 6.45) is 8.78. The highest BCUT2D eigenvalue weighted by molar-refractivity contribution is 5.80. The molecule has 2 fully saturated rings. The number of aliphatic hydroxyl groups is 1. The molecule has 1 heterocycles. The summed E-state index contributed by atoms with van der Waals surface area (Å²) in [6.45, 7) is 10.9. The maximum atomic E-state index is 9.30. The summed E-state index contributed by atoms with van der Waals surface area (Å²) < 4.78 is 0. The van der Waals surface area contributed by atoms with Crippen molar-refractivity contribution in [1.82, 2.24) is 15.5 Å². The van der Waals surface area contributed by atoms with Gasteiger partial charge >= 0.3 is 0 Å². The van der Waals surface area contributed by atoms with Crippen LogP contribution in [0.1, 0.15) is 65.7 Å². The van der Waals surface area contributed by atoms with Gasteiger partial charge in [-0.1, -0.05) is 26.7 Å². The van der Waals surface area contributed by atoms with Crippen molar-refractivity contribution in [3.63, 3.8) is 0 Å². The van der Waals surface area contributed by atoms with E-state index in [1.54, 1.807) is 0 Å². The molecule has 0 aromatic heterocycles. The average Bonchev–Trinajstić information content (AvgIpc) is 3.23. The van der Waals surface area contributed by atoms with E-state index < -0.39 is 0 Å². The van der Waals surface area contributed by atoms with Gasteiger partial charge in [-0.2, -0.15) is 0 Å². The average molecular weight is 353 g/mol. The topological polar surface area (TPSA) is 59.9 Å². The molecule has 2 aliphatic rings. The van der Waals surface area contributed by atoms with Crippen molar-refractivity contribution in [1.29, 1.82) is 0 Å². The number of hydrogen-bond donors (Lipinski definition) is 3. The van der Waals surface area contributed by atoms with Crippen LogP contribution >= 0.6 is 0 Å². The van der Waals surface area contributed by atoms with Crippen molar-refractivity contribution in [2.45, 2.75) is 77.8 Å². The molecule has 0 aromatic rings. The van der Waals surface area contributed by atoms with Crippen molar-refractivity contribution in [3.8, 4) is 0 Å². The van der Waals surface area contributed by atoms with Gasteiger partial charge in [0.05, 0.1) is 0 Å². The smallest absolute Gasteiger partial charge is 0.191 e. The van der Waals surface area contributed by atoms with Crippen LogP contribution in [0.15, 0.2) is 4.99 Å². The maximum Gasteiger partial charge on any atom is 0.191 e. The standard InChI is InChI=1S/C20H40N4O/c1-4-21-20(22-14-17(10-12-25)13-16(2)3)23-18-9-11-24(15-18)19-7-5-6-8-19/h16-19,25H,4-15H2,1-3H3,(H2,21,22,23). The minimum Gasteiger partial charge on any atom is -0.396 e. The number of nitrogens with zero attached hydrogens (tertiary/aromatic N) is 2. The third-order valence-corrected chi connectivity index (χ3v) is 5.60. The summed E-state index contributed by atoms with van der Waals surface area (Å²) in [4.78, 5) is 7.52. The zero-order valence-corrected chi connectivity index (χ0v) is 16.6. The molecule has 0 bridgehead atoms. The zero-order valence-electron chi connectivity index (χ0n) is 16.6. The highest BCUT2D eigenvalue weighted by atomic mass is 16.3. The normalized spacial score (nSPS) is 24.2. The van der Waals surface area contributed by atoms with E-state index >= 15 is 0 Å². The molecular formula is C20H40N4O. The largest absolute Gasteiger partial charge is 0.396 e. The van der Waals surface area contributed by atoms with E-state index in [0.717, 1.165) is 44.5 Å². The van der Waals surface area contributed by atoms with Crippen LogP contribution in [0.5, 0.6) is 0 Å². The number of likely N-dealkylation sites (tertiary alicyclic amines) is 1. The van der Waals surface area contributed by atoms with Crippen LogP contribution in [0.25, 0.3) is 0 Å². The fourth-order valence-electron chi connectivity index (χ4n) is 4.37. The van der Waals surface area contributed by atoms with Crippen LogP contribution in [0, 0.1) is 11.8 Å². The Morgan fingerprint density at radius 3 is 2.64 bits per heavy atom. The van der Waals surface area contributed by atoms with Crippen molar-refractivity contribution in [2.75, 3.05) is 32.8 Å². The minimum absolute atomic E-state index is 0.260. The lowest BCUT2D eigenvalue weighted by Gasteiger charge is -2.24. The van der Waals surface area contributed by atoms with Gasteiger partial charge in [-0.15, -0.1) is 0 Å². The Labute approximate surface area is 154 Å². The summed E-state index contributed by atoms with van der Waals surface area (Å²) >= 11 is 0. The summed E-state index contributed by atoms with van der Waals surface area (Å²) in [5.74, 6) is 2.07. The number of aliphatic imine (C=N–C) groups is 1. The quantitative estimate of drug-likeness (QED) is 0.441. The minimum atomic E-state index is 0.260. The van der Waals surface area contributed by atoms with Gasteiger partial charge in [0.2, 0.25) is 0 Å². The molecule has 2 unspecified atom stereocenters. The van der Waals surface area contributed by atoms with Gasteiger partial charge in [-0.25, -0.2) is 0 Å². The van der Waals surface area contributed by atoms with Gasteiger partial charge in [0.15, 0.2) is 5.96 Å². The first kappa shape index (κ1) is 20.5. The van der Waals surface area contributed by atoms with Gasteiger partial charge in [-0.05, 0) is 50.9 Å². The molecule has 3 N–H and O–H groups in total. The first-order chi connectivity index (χ1) is 12.1. The first-order valence-corrected chi connectivity index (χ1v) is 10.5. The van der Waals surface area contributed by atoms with E-state index in [2.05, 4.69) is 36.3 Å². The van der Waals surface area contributed by atoms with Gasteiger partial charge in [0, 0.05) is 44.9 Å². The fraction of sp³-hybridized carbons (Fsp3) is 0.950. The highest BCUT2D eigenvalue weighted by Crippen LogP contribution is 2.26. The number of guanidine groups is 1. The molecule has 5 heteroatoms. The molecule has 25 heavy (non-hydrogen) atoms. The van der Waals surface area contributed by atoms with Crippen LogP contribution in [0.3, 0.4) is 0 Å². The first-order valence-electron chi connectivity index (χ1n) is 10.5. The van der Waals surface area contributed by atoms with Crippen molar-refractivity contribution in [2.24, 2.45) is 16.8 Å². The Morgan fingerprint density at radius 1 is 1.24 bits per heavy atom. The SMILES string of the molecule is CCNC(=NCC(CCO)CC(C)C)NC1CCN(C2CCCC2)C1. The Kier molecular flexibility index (Phi) is 9.04. The van der Waals surface area contributed by atoms with E-state index in [1.807, 2.05) is 0 Å². The number of aliphatic hydroxyl groups excluding tert-OH is 1.